The highest BCUT2D eigenvalue weighted by molar-refractivity contribution is 7.99. The van der Waals surface area contributed by atoms with Crippen LogP contribution in [-0.4, -0.2) is 73.5 Å². The van der Waals surface area contributed by atoms with Crippen LogP contribution in [-0.2, 0) is 14.9 Å². The largest absolute Gasteiger partial charge is 0.500 e. The highest BCUT2D eigenvalue weighted by atomic mass is 32.2. The number of methoxy groups -OCH3 is 1. The first-order valence-corrected chi connectivity index (χ1v) is 12.2. The molecule has 0 aromatic heterocycles. The molecule has 4 atom stereocenters. The Bertz CT molecular complexity index is 879. The predicted molar refractivity (Wildman–Crippen MR) is 124 cm³/mol. The van der Waals surface area contributed by atoms with Gasteiger partial charge in [-0.25, -0.2) is 0 Å². The summed E-state index contributed by atoms with van der Waals surface area (Å²) in [5.41, 5.74) is -0.0415. The lowest BCUT2D eigenvalue weighted by atomic mass is 9.71. The number of alkyl halides is 3. The van der Waals surface area contributed by atoms with Crippen LogP contribution < -0.4 is 5.32 Å². The van der Waals surface area contributed by atoms with Gasteiger partial charge in [-0.2, -0.15) is 24.9 Å². The van der Waals surface area contributed by atoms with Crippen molar-refractivity contribution in [3.8, 4) is 0 Å². The number of nitrogens with zero attached hydrogens (tertiary/aromatic N) is 1. The molecule has 0 bridgehead atoms. The number of amides is 1. The Morgan fingerprint density at radius 3 is 2.61 bits per heavy atom. The fourth-order valence-corrected chi connectivity index (χ4v) is 5.77. The summed E-state index contributed by atoms with van der Waals surface area (Å²) in [4.78, 5) is 15.2. The molecule has 1 aliphatic heterocycles. The lowest BCUT2D eigenvalue weighted by molar-refractivity contribution is -0.125. The molecule has 9 heteroatoms. The number of rotatable bonds is 7. The van der Waals surface area contributed by atoms with Crippen LogP contribution >= 0.6 is 11.8 Å². The van der Waals surface area contributed by atoms with Crippen molar-refractivity contribution in [1.29, 1.82) is 0 Å². The summed E-state index contributed by atoms with van der Waals surface area (Å²) in [6.07, 6.45) is -0.129. The standard InChI is InChI=1S/C24H31F3N2O3S/c1-29-14-18(30)13-23(15-29,16-7-5-4-6-8-16)9-10-28-22(31)21-19(32-2)11-17(24(25,26)27)12-20(21)33-3/h4-8,11-12,18,20-21,30H,9-10,13-15H2,1-3H3,(H,28,31)/t18-,20?,21?,23-/m1/s1. The van der Waals surface area contributed by atoms with Crippen molar-refractivity contribution < 1.29 is 27.8 Å². The van der Waals surface area contributed by atoms with Crippen molar-refractivity contribution >= 4 is 17.7 Å². The zero-order valence-electron chi connectivity index (χ0n) is 19.1. The fraction of sp³-hybridized carbons (Fsp3) is 0.542. The van der Waals surface area contributed by atoms with Gasteiger partial charge in [0.05, 0.1) is 18.8 Å². The van der Waals surface area contributed by atoms with E-state index in [2.05, 4.69) is 10.2 Å². The summed E-state index contributed by atoms with van der Waals surface area (Å²) in [5.74, 6) is -1.21. The number of aliphatic hydroxyl groups excluding tert-OH is 1. The Morgan fingerprint density at radius 1 is 1.33 bits per heavy atom. The average Bonchev–Trinajstić information content (AvgIpc) is 2.77. The van der Waals surface area contributed by atoms with E-state index in [1.165, 1.54) is 18.9 Å². The molecule has 5 nitrogen and oxygen atoms in total. The number of halogens is 3. The molecule has 0 radical (unpaired) electrons. The molecular weight excluding hydrogens is 453 g/mol. The lowest BCUT2D eigenvalue weighted by Gasteiger charge is -2.44. The highest BCUT2D eigenvalue weighted by Crippen LogP contribution is 2.39. The van der Waals surface area contributed by atoms with Crippen molar-refractivity contribution in [2.45, 2.75) is 35.8 Å². The minimum absolute atomic E-state index is 0.00673. The van der Waals surface area contributed by atoms with Crippen molar-refractivity contribution in [2.75, 3.05) is 40.0 Å². The average molecular weight is 485 g/mol. The Labute approximate surface area is 197 Å². The van der Waals surface area contributed by atoms with Gasteiger partial charge in [-0.05, 0) is 37.8 Å². The van der Waals surface area contributed by atoms with E-state index in [1.54, 1.807) is 6.26 Å². The van der Waals surface area contributed by atoms with Crippen LogP contribution in [0.1, 0.15) is 18.4 Å². The number of nitrogens with one attached hydrogen (secondary N) is 1. The molecule has 0 saturated carbocycles. The number of likely N-dealkylation sites (N-methyl/N-ethyl adjacent to an activating group) is 1. The molecule has 182 valence electrons. The molecule has 0 spiro atoms. The number of carbonyl (C=O) groups excluding carboxylic acids is 1. The van der Waals surface area contributed by atoms with Gasteiger partial charge in [0.15, 0.2) is 0 Å². The number of likely N-dealkylation sites (tertiary alicyclic amines) is 1. The van der Waals surface area contributed by atoms with Gasteiger partial charge in [0.1, 0.15) is 11.7 Å². The fourth-order valence-electron chi connectivity index (χ4n) is 4.95. The van der Waals surface area contributed by atoms with Crippen LogP contribution in [0.3, 0.4) is 0 Å². The van der Waals surface area contributed by atoms with E-state index in [1.807, 2.05) is 37.4 Å². The number of carbonyl (C=O) groups is 1. The first kappa shape index (κ1) is 25.6. The summed E-state index contributed by atoms with van der Waals surface area (Å²) in [6, 6.07) is 9.93. The SMILES string of the molecule is COC1=CC(C(F)(F)F)=CC(SC)C1C(=O)NCC[C@@]1(c2ccccc2)C[C@@H](O)CN(C)C1. The Balaban J connectivity index is 1.75. The number of aliphatic hydroxyl groups is 1. The number of β-amino-alcohol motifs (C(OH)–C–C–N with tert-alkyl or cyclic N) is 1. The number of benzene rings is 1. The Morgan fingerprint density at radius 2 is 2.03 bits per heavy atom. The van der Waals surface area contributed by atoms with Crippen molar-refractivity contribution in [1.82, 2.24) is 10.2 Å². The number of ether oxygens (including phenoxy) is 1. The van der Waals surface area contributed by atoms with Gasteiger partial charge in [-0.15, -0.1) is 0 Å². The van der Waals surface area contributed by atoms with E-state index >= 15 is 0 Å². The number of thioether (sulfide) groups is 1. The molecule has 1 aromatic carbocycles. The molecule has 1 fully saturated rings. The van der Waals surface area contributed by atoms with Crippen LogP contribution in [0.4, 0.5) is 13.2 Å². The van der Waals surface area contributed by atoms with Crippen molar-refractivity contribution in [3.63, 3.8) is 0 Å². The van der Waals surface area contributed by atoms with E-state index in [0.29, 0.717) is 25.9 Å². The summed E-state index contributed by atoms with van der Waals surface area (Å²) in [7, 11) is 3.25. The topological polar surface area (TPSA) is 61.8 Å². The van der Waals surface area contributed by atoms with E-state index in [4.69, 9.17) is 4.74 Å². The number of hydrogen-bond donors (Lipinski definition) is 2. The summed E-state index contributed by atoms with van der Waals surface area (Å²) < 4.78 is 45.0. The molecule has 1 saturated heterocycles. The first-order chi connectivity index (χ1) is 15.6. The second kappa shape index (κ2) is 10.5. The van der Waals surface area contributed by atoms with Crippen molar-refractivity contribution in [3.05, 3.63) is 59.4 Å². The van der Waals surface area contributed by atoms with E-state index in [9.17, 15) is 23.1 Å². The molecule has 2 aliphatic rings. The third-order valence-corrected chi connectivity index (χ3v) is 7.36. The summed E-state index contributed by atoms with van der Waals surface area (Å²) >= 11 is 1.18. The monoisotopic (exact) mass is 484 g/mol. The van der Waals surface area contributed by atoms with Crippen molar-refractivity contribution in [2.24, 2.45) is 5.92 Å². The molecule has 3 rings (SSSR count). The van der Waals surface area contributed by atoms with Gasteiger partial charge < -0.3 is 20.1 Å². The normalized spacial score (nSPS) is 28.6. The minimum Gasteiger partial charge on any atom is -0.500 e. The Hall–Kier alpha value is -1.97. The highest BCUT2D eigenvalue weighted by Gasteiger charge is 2.42. The zero-order valence-corrected chi connectivity index (χ0v) is 19.9. The van der Waals surface area contributed by atoms with Crippen LogP contribution in [0.25, 0.3) is 0 Å². The van der Waals surface area contributed by atoms with E-state index in [-0.39, 0.29) is 17.1 Å². The Kier molecular flexibility index (Phi) is 8.18. The molecular formula is C24H31F3N2O3S. The van der Waals surface area contributed by atoms with E-state index < -0.39 is 29.0 Å². The number of allylic oxidation sites excluding steroid dienone is 2. The van der Waals surface area contributed by atoms with E-state index in [0.717, 1.165) is 24.3 Å². The first-order valence-electron chi connectivity index (χ1n) is 10.9. The van der Waals surface area contributed by atoms with Gasteiger partial charge in [0, 0.05) is 30.3 Å². The third kappa shape index (κ3) is 5.94. The zero-order chi connectivity index (χ0) is 24.2. The maximum atomic E-state index is 13.3. The van der Waals surface area contributed by atoms with Crippen LogP contribution in [0.5, 0.6) is 0 Å². The summed E-state index contributed by atoms with van der Waals surface area (Å²) in [6.45, 7) is 1.66. The molecule has 2 N–H and O–H groups in total. The molecule has 1 aliphatic carbocycles. The molecule has 1 aromatic rings. The quantitative estimate of drug-likeness (QED) is 0.620. The van der Waals surface area contributed by atoms with Crippen LogP contribution in [0.2, 0.25) is 0 Å². The van der Waals surface area contributed by atoms with Crippen LogP contribution in [0.15, 0.2) is 53.8 Å². The maximum absolute atomic E-state index is 13.3. The molecule has 2 unspecified atom stereocenters. The van der Waals surface area contributed by atoms with Gasteiger partial charge in [0.2, 0.25) is 5.91 Å². The number of piperidine rings is 1. The summed E-state index contributed by atoms with van der Waals surface area (Å²) in [5, 5.41) is 12.7. The molecule has 1 amide bonds. The number of hydrogen-bond acceptors (Lipinski definition) is 5. The lowest BCUT2D eigenvalue weighted by Crippen LogP contribution is -2.52. The molecule has 1 heterocycles. The van der Waals surface area contributed by atoms with Gasteiger partial charge in [-0.1, -0.05) is 36.4 Å². The maximum Gasteiger partial charge on any atom is 0.416 e. The minimum atomic E-state index is -4.50. The van der Waals surface area contributed by atoms with Gasteiger partial charge >= 0.3 is 6.18 Å². The molecule has 33 heavy (non-hydrogen) atoms. The third-order valence-electron chi connectivity index (χ3n) is 6.40. The van der Waals surface area contributed by atoms with Gasteiger partial charge in [-0.3, -0.25) is 4.79 Å². The smallest absolute Gasteiger partial charge is 0.416 e. The van der Waals surface area contributed by atoms with Crippen LogP contribution in [0, 0.1) is 5.92 Å². The predicted octanol–water partition coefficient (Wildman–Crippen LogP) is 3.51. The second-order valence-electron chi connectivity index (χ2n) is 8.79. The second-order valence-corrected chi connectivity index (χ2v) is 9.81. The van der Waals surface area contributed by atoms with Gasteiger partial charge in [0.25, 0.3) is 0 Å².